The van der Waals surface area contributed by atoms with Crippen molar-refractivity contribution in [1.29, 1.82) is 0 Å². The van der Waals surface area contributed by atoms with Crippen LogP contribution in [0.3, 0.4) is 0 Å². The van der Waals surface area contributed by atoms with E-state index in [2.05, 4.69) is 10.1 Å². The molecule has 0 saturated heterocycles. The molecular formula is C14H16ClN3O2. The molecule has 6 heteroatoms. The molecule has 0 atom stereocenters. The zero-order valence-electron chi connectivity index (χ0n) is 11.5. The molecule has 0 saturated carbocycles. The van der Waals surface area contributed by atoms with Crippen LogP contribution in [0.5, 0.6) is 0 Å². The SMILES string of the molecule is CCCc1cc(C(=O)N(C)Cc2cccnc2Cl)no1. The second-order valence-corrected chi connectivity index (χ2v) is 4.90. The van der Waals surface area contributed by atoms with Gasteiger partial charge in [-0.1, -0.05) is 29.7 Å². The second-order valence-electron chi connectivity index (χ2n) is 4.54. The summed E-state index contributed by atoms with van der Waals surface area (Å²) in [5, 5.41) is 4.21. The maximum atomic E-state index is 12.2. The Bertz CT molecular complexity index is 598. The van der Waals surface area contributed by atoms with Crippen LogP contribution in [0.25, 0.3) is 0 Å². The first kappa shape index (κ1) is 14.5. The lowest BCUT2D eigenvalue weighted by Gasteiger charge is -2.15. The molecule has 0 bridgehead atoms. The van der Waals surface area contributed by atoms with Crippen molar-refractivity contribution in [3.63, 3.8) is 0 Å². The van der Waals surface area contributed by atoms with E-state index in [0.717, 1.165) is 24.2 Å². The highest BCUT2D eigenvalue weighted by Gasteiger charge is 2.17. The van der Waals surface area contributed by atoms with Gasteiger partial charge in [0.2, 0.25) is 0 Å². The van der Waals surface area contributed by atoms with Gasteiger partial charge in [-0.25, -0.2) is 4.98 Å². The Balaban J connectivity index is 2.06. The van der Waals surface area contributed by atoms with Crippen LogP contribution < -0.4 is 0 Å². The van der Waals surface area contributed by atoms with Crippen LogP contribution >= 0.6 is 11.6 Å². The molecule has 2 aromatic rings. The van der Waals surface area contributed by atoms with Gasteiger partial charge in [-0.2, -0.15) is 0 Å². The summed E-state index contributed by atoms with van der Waals surface area (Å²) < 4.78 is 5.11. The van der Waals surface area contributed by atoms with Crippen molar-refractivity contribution in [3.05, 3.63) is 46.6 Å². The predicted molar refractivity (Wildman–Crippen MR) is 75.5 cm³/mol. The summed E-state index contributed by atoms with van der Waals surface area (Å²) in [4.78, 5) is 17.7. The van der Waals surface area contributed by atoms with Crippen molar-refractivity contribution >= 4 is 17.5 Å². The summed E-state index contributed by atoms with van der Waals surface area (Å²) in [5.41, 5.74) is 1.11. The lowest BCUT2D eigenvalue weighted by atomic mass is 10.2. The van der Waals surface area contributed by atoms with Gasteiger partial charge in [0.15, 0.2) is 5.69 Å². The third-order valence-corrected chi connectivity index (χ3v) is 3.21. The molecule has 0 aromatic carbocycles. The summed E-state index contributed by atoms with van der Waals surface area (Å²) in [7, 11) is 1.69. The molecule has 2 aromatic heterocycles. The fourth-order valence-corrected chi connectivity index (χ4v) is 2.02. The Labute approximate surface area is 122 Å². The highest BCUT2D eigenvalue weighted by molar-refractivity contribution is 6.30. The molecule has 0 aliphatic rings. The van der Waals surface area contributed by atoms with E-state index in [4.69, 9.17) is 16.1 Å². The maximum Gasteiger partial charge on any atom is 0.276 e. The first-order valence-corrected chi connectivity index (χ1v) is 6.80. The molecule has 0 aliphatic carbocycles. The predicted octanol–water partition coefficient (Wildman–Crippen LogP) is 2.95. The van der Waals surface area contributed by atoms with Gasteiger partial charge in [-0.15, -0.1) is 0 Å². The zero-order valence-corrected chi connectivity index (χ0v) is 12.2. The highest BCUT2D eigenvalue weighted by atomic mass is 35.5. The van der Waals surface area contributed by atoms with Crippen molar-refractivity contribution in [1.82, 2.24) is 15.0 Å². The van der Waals surface area contributed by atoms with Gasteiger partial charge in [0.25, 0.3) is 5.91 Å². The van der Waals surface area contributed by atoms with E-state index in [0.29, 0.717) is 17.4 Å². The largest absolute Gasteiger partial charge is 0.361 e. The summed E-state index contributed by atoms with van der Waals surface area (Å²) >= 11 is 5.98. The van der Waals surface area contributed by atoms with Crippen molar-refractivity contribution in [2.24, 2.45) is 0 Å². The number of aryl methyl sites for hydroxylation is 1. The standard InChI is InChI=1S/C14H16ClN3O2/c1-3-5-11-8-12(17-20-11)14(19)18(2)9-10-6-4-7-16-13(10)15/h4,6-8H,3,5,9H2,1-2H3. The Morgan fingerprint density at radius 3 is 3.00 bits per heavy atom. The van der Waals surface area contributed by atoms with Gasteiger partial charge >= 0.3 is 0 Å². The van der Waals surface area contributed by atoms with Gasteiger partial charge < -0.3 is 9.42 Å². The van der Waals surface area contributed by atoms with E-state index < -0.39 is 0 Å². The summed E-state index contributed by atoms with van der Waals surface area (Å²) in [6.07, 6.45) is 3.34. The topological polar surface area (TPSA) is 59.2 Å². The molecule has 0 unspecified atom stereocenters. The molecule has 0 spiro atoms. The van der Waals surface area contributed by atoms with Crippen LogP contribution in [-0.2, 0) is 13.0 Å². The molecule has 0 fully saturated rings. The van der Waals surface area contributed by atoms with Gasteiger partial charge in [-0.05, 0) is 12.5 Å². The Morgan fingerprint density at radius 2 is 2.30 bits per heavy atom. The Kier molecular flexibility index (Phi) is 4.74. The molecule has 0 aliphatic heterocycles. The normalized spacial score (nSPS) is 10.6. The quantitative estimate of drug-likeness (QED) is 0.795. The number of carbonyl (C=O) groups is 1. The van der Waals surface area contributed by atoms with Crippen LogP contribution in [0.1, 0.15) is 35.2 Å². The van der Waals surface area contributed by atoms with E-state index in [1.54, 1.807) is 25.4 Å². The molecule has 5 nitrogen and oxygen atoms in total. The van der Waals surface area contributed by atoms with E-state index in [-0.39, 0.29) is 5.91 Å². The number of hydrogen-bond donors (Lipinski definition) is 0. The number of pyridine rings is 1. The minimum atomic E-state index is -0.198. The lowest BCUT2D eigenvalue weighted by Crippen LogP contribution is -2.26. The van der Waals surface area contributed by atoms with Crippen molar-refractivity contribution in [3.8, 4) is 0 Å². The maximum absolute atomic E-state index is 12.2. The number of aromatic nitrogens is 2. The van der Waals surface area contributed by atoms with Crippen LogP contribution in [0.2, 0.25) is 5.15 Å². The number of carbonyl (C=O) groups excluding carboxylic acids is 1. The summed E-state index contributed by atoms with van der Waals surface area (Å²) in [6.45, 7) is 2.42. The second kappa shape index (κ2) is 6.52. The van der Waals surface area contributed by atoms with E-state index in [1.807, 2.05) is 13.0 Å². The monoisotopic (exact) mass is 293 g/mol. The van der Waals surface area contributed by atoms with Crippen molar-refractivity contribution in [2.75, 3.05) is 7.05 Å². The van der Waals surface area contributed by atoms with Crippen LogP contribution in [0, 0.1) is 0 Å². The smallest absolute Gasteiger partial charge is 0.276 e. The number of halogens is 1. The highest BCUT2D eigenvalue weighted by Crippen LogP contribution is 2.15. The van der Waals surface area contributed by atoms with Gasteiger partial charge in [-0.3, -0.25) is 4.79 Å². The average Bonchev–Trinajstić information content (AvgIpc) is 2.89. The van der Waals surface area contributed by atoms with Gasteiger partial charge in [0.05, 0.1) is 0 Å². The first-order valence-electron chi connectivity index (χ1n) is 6.42. The average molecular weight is 294 g/mol. The Morgan fingerprint density at radius 1 is 1.50 bits per heavy atom. The number of amides is 1. The van der Waals surface area contributed by atoms with Crippen LogP contribution in [-0.4, -0.2) is 28.0 Å². The third kappa shape index (κ3) is 3.36. The van der Waals surface area contributed by atoms with Crippen molar-refractivity contribution in [2.45, 2.75) is 26.3 Å². The minimum Gasteiger partial charge on any atom is -0.361 e. The number of nitrogens with zero attached hydrogens (tertiary/aromatic N) is 3. The fraction of sp³-hybridized carbons (Fsp3) is 0.357. The van der Waals surface area contributed by atoms with E-state index in [1.165, 1.54) is 4.90 Å². The third-order valence-electron chi connectivity index (χ3n) is 2.87. The molecule has 20 heavy (non-hydrogen) atoms. The molecule has 106 valence electrons. The molecule has 0 radical (unpaired) electrons. The number of rotatable bonds is 5. The van der Waals surface area contributed by atoms with E-state index >= 15 is 0 Å². The minimum absolute atomic E-state index is 0.198. The van der Waals surface area contributed by atoms with Crippen LogP contribution in [0.15, 0.2) is 28.9 Å². The summed E-state index contributed by atoms with van der Waals surface area (Å²) in [5.74, 6) is 0.527. The van der Waals surface area contributed by atoms with Crippen molar-refractivity contribution < 1.29 is 9.32 Å². The summed E-state index contributed by atoms with van der Waals surface area (Å²) in [6, 6.07) is 5.31. The fourth-order valence-electron chi connectivity index (χ4n) is 1.84. The molecular weight excluding hydrogens is 278 g/mol. The molecule has 2 heterocycles. The Hall–Kier alpha value is -1.88. The van der Waals surface area contributed by atoms with Crippen LogP contribution in [0.4, 0.5) is 0 Å². The number of hydrogen-bond acceptors (Lipinski definition) is 4. The van der Waals surface area contributed by atoms with E-state index in [9.17, 15) is 4.79 Å². The zero-order chi connectivity index (χ0) is 14.5. The molecule has 1 amide bonds. The molecule has 0 N–H and O–H groups in total. The lowest BCUT2D eigenvalue weighted by molar-refractivity contribution is 0.0774. The first-order chi connectivity index (χ1) is 9.61. The molecule has 2 rings (SSSR count). The van der Waals surface area contributed by atoms with Gasteiger partial charge in [0.1, 0.15) is 10.9 Å². The van der Waals surface area contributed by atoms with Gasteiger partial charge in [0, 0.05) is 37.8 Å².